The van der Waals surface area contributed by atoms with Gasteiger partial charge in [-0.15, -0.1) is 0 Å². The number of aliphatic carboxylic acids is 1. The third-order valence-corrected chi connectivity index (χ3v) is 5.40. The number of anilines is 1. The van der Waals surface area contributed by atoms with Gasteiger partial charge in [-0.2, -0.15) is 0 Å². The Balaban J connectivity index is 1.84. The van der Waals surface area contributed by atoms with E-state index in [1.807, 2.05) is 45.0 Å². The number of carbonyl (C=O) groups is 2. The van der Waals surface area contributed by atoms with Crippen molar-refractivity contribution >= 4 is 28.3 Å². The Kier molecular flexibility index (Phi) is 6.04. The van der Waals surface area contributed by atoms with E-state index in [1.54, 1.807) is 29.2 Å². The Labute approximate surface area is 187 Å². The molecule has 3 aromatic rings. The first-order chi connectivity index (χ1) is 15.4. The summed E-state index contributed by atoms with van der Waals surface area (Å²) in [5.74, 6) is 0.287. The smallest absolute Gasteiger partial charge is 0.307 e. The fourth-order valence-electron chi connectivity index (χ4n) is 4.07. The van der Waals surface area contributed by atoms with Gasteiger partial charge in [-0.3, -0.25) is 9.59 Å². The molecule has 0 unspecified atom stereocenters. The van der Waals surface area contributed by atoms with Crippen LogP contribution in [0.4, 0.5) is 5.69 Å². The Morgan fingerprint density at radius 2 is 1.72 bits per heavy atom. The van der Waals surface area contributed by atoms with Crippen molar-refractivity contribution < 1.29 is 24.2 Å². The summed E-state index contributed by atoms with van der Waals surface area (Å²) in [6.45, 7) is 6.85. The highest BCUT2D eigenvalue weighted by molar-refractivity contribution is 6.16. The molecular formula is C26H27NO5. The summed E-state index contributed by atoms with van der Waals surface area (Å²) in [5, 5.41) is 10.8. The van der Waals surface area contributed by atoms with Crippen molar-refractivity contribution in [1.29, 1.82) is 0 Å². The van der Waals surface area contributed by atoms with E-state index in [-0.39, 0.29) is 18.4 Å². The molecule has 32 heavy (non-hydrogen) atoms. The van der Waals surface area contributed by atoms with Gasteiger partial charge in [0.2, 0.25) is 0 Å². The van der Waals surface area contributed by atoms with E-state index in [1.165, 1.54) is 0 Å². The van der Waals surface area contributed by atoms with Gasteiger partial charge >= 0.3 is 5.97 Å². The zero-order valence-corrected chi connectivity index (χ0v) is 18.6. The Hall–Kier alpha value is -3.54. The van der Waals surface area contributed by atoms with E-state index in [2.05, 4.69) is 0 Å². The van der Waals surface area contributed by atoms with Gasteiger partial charge < -0.3 is 19.5 Å². The van der Waals surface area contributed by atoms with Crippen molar-refractivity contribution in [3.8, 4) is 11.5 Å². The summed E-state index contributed by atoms with van der Waals surface area (Å²) >= 11 is 0. The molecule has 166 valence electrons. The van der Waals surface area contributed by atoms with Gasteiger partial charge in [0.25, 0.3) is 5.91 Å². The lowest BCUT2D eigenvalue weighted by Gasteiger charge is -2.19. The van der Waals surface area contributed by atoms with Gasteiger partial charge in [-0.25, -0.2) is 0 Å². The molecule has 1 N–H and O–H groups in total. The van der Waals surface area contributed by atoms with Gasteiger partial charge in [-0.1, -0.05) is 43.3 Å². The second-order valence-corrected chi connectivity index (χ2v) is 8.20. The van der Waals surface area contributed by atoms with Crippen LogP contribution in [0.3, 0.4) is 0 Å². The van der Waals surface area contributed by atoms with E-state index in [9.17, 15) is 9.59 Å². The molecule has 0 atom stereocenters. The maximum atomic E-state index is 13.6. The number of amides is 1. The second-order valence-electron chi connectivity index (χ2n) is 8.20. The number of carboxylic acids is 1. The van der Waals surface area contributed by atoms with Crippen LogP contribution in [0.1, 0.15) is 48.7 Å². The molecule has 0 saturated carbocycles. The quantitative estimate of drug-likeness (QED) is 0.528. The fourth-order valence-corrected chi connectivity index (χ4v) is 4.07. The highest BCUT2D eigenvalue weighted by atomic mass is 16.5. The number of carbonyl (C=O) groups excluding carboxylic acids is 1. The summed E-state index contributed by atoms with van der Waals surface area (Å²) in [4.78, 5) is 26.3. The largest absolute Gasteiger partial charge is 0.492 e. The van der Waals surface area contributed by atoms with E-state index in [0.29, 0.717) is 41.5 Å². The van der Waals surface area contributed by atoms with E-state index in [4.69, 9.17) is 14.6 Å². The molecular weight excluding hydrogens is 406 g/mol. The number of hydrogen-bond acceptors (Lipinski definition) is 4. The van der Waals surface area contributed by atoms with Crippen LogP contribution in [0.5, 0.6) is 11.5 Å². The maximum absolute atomic E-state index is 13.6. The predicted molar refractivity (Wildman–Crippen MR) is 124 cm³/mol. The van der Waals surface area contributed by atoms with Gasteiger partial charge in [0, 0.05) is 22.0 Å². The molecule has 0 aromatic heterocycles. The van der Waals surface area contributed by atoms with Crippen molar-refractivity contribution in [3.05, 3.63) is 65.2 Å². The summed E-state index contributed by atoms with van der Waals surface area (Å²) in [5.41, 5.74) is 2.76. The van der Waals surface area contributed by atoms with Gasteiger partial charge in [0.05, 0.1) is 31.2 Å². The SMILES string of the molecule is CCCOc1c2c(c(OC(C)C)c3ccccc13)CN(c1ccc(CC(=O)O)cc1)C2=O. The molecule has 1 amide bonds. The number of nitrogens with zero attached hydrogens (tertiary/aromatic N) is 1. The standard InChI is InChI=1S/C26H27NO5/c1-4-13-31-25-20-8-6-5-7-19(20)24(32-16(2)3)21-15-27(26(30)23(21)25)18-11-9-17(10-12-18)14-22(28)29/h5-12,16H,4,13-15H2,1-3H3,(H,28,29). The molecule has 0 aliphatic carbocycles. The molecule has 1 aliphatic rings. The zero-order valence-electron chi connectivity index (χ0n) is 18.6. The van der Waals surface area contributed by atoms with Crippen molar-refractivity contribution in [2.45, 2.75) is 46.3 Å². The number of benzene rings is 3. The minimum absolute atomic E-state index is 0.0515. The topological polar surface area (TPSA) is 76.1 Å². The maximum Gasteiger partial charge on any atom is 0.307 e. The highest BCUT2D eigenvalue weighted by Gasteiger charge is 2.37. The van der Waals surface area contributed by atoms with Crippen LogP contribution in [0.25, 0.3) is 10.8 Å². The lowest BCUT2D eigenvalue weighted by atomic mass is 9.99. The molecule has 6 nitrogen and oxygen atoms in total. The van der Waals surface area contributed by atoms with Crippen molar-refractivity contribution in [2.75, 3.05) is 11.5 Å². The summed E-state index contributed by atoms with van der Waals surface area (Å²) in [6, 6.07) is 14.9. The van der Waals surface area contributed by atoms with Gasteiger partial charge in [-0.05, 0) is 38.0 Å². The fraction of sp³-hybridized carbons (Fsp3) is 0.308. The predicted octanol–water partition coefficient (Wildman–Crippen LogP) is 5.20. The van der Waals surface area contributed by atoms with Crippen LogP contribution in [-0.2, 0) is 17.8 Å². The monoisotopic (exact) mass is 433 g/mol. The average Bonchev–Trinajstić information content (AvgIpc) is 3.10. The Morgan fingerprint density at radius 3 is 2.31 bits per heavy atom. The lowest BCUT2D eigenvalue weighted by Crippen LogP contribution is -2.23. The van der Waals surface area contributed by atoms with Crippen LogP contribution >= 0.6 is 0 Å². The number of fused-ring (bicyclic) bond motifs is 2. The second kappa shape index (κ2) is 8.91. The molecule has 1 heterocycles. The van der Waals surface area contributed by atoms with Crippen LogP contribution in [-0.4, -0.2) is 29.7 Å². The molecule has 1 aliphatic heterocycles. The molecule has 4 rings (SSSR count). The summed E-state index contributed by atoms with van der Waals surface area (Å²) in [6.07, 6.45) is 0.724. The molecule has 0 saturated heterocycles. The Morgan fingerprint density at radius 1 is 1.06 bits per heavy atom. The first kappa shape index (κ1) is 21.7. The van der Waals surface area contributed by atoms with E-state index < -0.39 is 5.97 Å². The number of rotatable bonds is 8. The number of ether oxygens (including phenoxy) is 2. The van der Waals surface area contributed by atoms with Crippen molar-refractivity contribution in [2.24, 2.45) is 0 Å². The highest BCUT2D eigenvalue weighted by Crippen LogP contribution is 2.46. The van der Waals surface area contributed by atoms with Crippen LogP contribution in [0.2, 0.25) is 0 Å². The third-order valence-electron chi connectivity index (χ3n) is 5.40. The minimum Gasteiger partial charge on any atom is -0.492 e. The molecule has 3 aromatic carbocycles. The Bertz CT molecular complexity index is 1170. The molecule has 6 heteroatoms. The molecule has 0 radical (unpaired) electrons. The van der Waals surface area contributed by atoms with E-state index >= 15 is 0 Å². The van der Waals surface area contributed by atoms with Crippen LogP contribution in [0.15, 0.2) is 48.5 Å². The van der Waals surface area contributed by atoms with Crippen LogP contribution < -0.4 is 14.4 Å². The van der Waals surface area contributed by atoms with Crippen LogP contribution in [0, 0.1) is 0 Å². The third kappa shape index (κ3) is 4.00. The lowest BCUT2D eigenvalue weighted by molar-refractivity contribution is -0.136. The first-order valence-electron chi connectivity index (χ1n) is 10.9. The minimum atomic E-state index is -0.887. The van der Waals surface area contributed by atoms with Crippen molar-refractivity contribution in [1.82, 2.24) is 0 Å². The first-order valence-corrected chi connectivity index (χ1v) is 10.9. The van der Waals surface area contributed by atoms with E-state index in [0.717, 1.165) is 22.8 Å². The average molecular weight is 434 g/mol. The van der Waals surface area contributed by atoms with Gasteiger partial charge in [0.15, 0.2) is 0 Å². The number of carboxylic acid groups (broad SMARTS) is 1. The van der Waals surface area contributed by atoms with Gasteiger partial charge in [0.1, 0.15) is 11.5 Å². The summed E-state index contributed by atoms with van der Waals surface area (Å²) < 4.78 is 12.3. The zero-order chi connectivity index (χ0) is 22.8. The molecule has 0 bridgehead atoms. The van der Waals surface area contributed by atoms with Crippen molar-refractivity contribution in [3.63, 3.8) is 0 Å². The number of hydrogen-bond donors (Lipinski definition) is 1. The molecule has 0 spiro atoms. The summed E-state index contributed by atoms with van der Waals surface area (Å²) in [7, 11) is 0. The molecule has 0 fully saturated rings. The normalized spacial score (nSPS) is 13.0.